The van der Waals surface area contributed by atoms with Gasteiger partial charge in [-0.05, 0) is 48.6 Å². The summed E-state index contributed by atoms with van der Waals surface area (Å²) in [5, 5.41) is 2.94. The van der Waals surface area contributed by atoms with Crippen LogP contribution in [0.1, 0.15) is 41.8 Å². The van der Waals surface area contributed by atoms with Crippen molar-refractivity contribution in [2.24, 2.45) is 5.92 Å². The maximum atomic E-state index is 13.1. The Morgan fingerprint density at radius 2 is 1.83 bits per heavy atom. The molecule has 1 aliphatic heterocycles. The van der Waals surface area contributed by atoms with Gasteiger partial charge < -0.3 is 19.7 Å². The lowest BCUT2D eigenvalue weighted by atomic mass is 10.0. The highest BCUT2D eigenvalue weighted by atomic mass is 16.7. The Balaban J connectivity index is 1.71. The van der Waals surface area contributed by atoms with Crippen molar-refractivity contribution >= 4 is 11.8 Å². The van der Waals surface area contributed by atoms with Crippen LogP contribution in [-0.4, -0.2) is 36.6 Å². The Kier molecular flexibility index (Phi) is 6.42. The molecule has 154 valence electrons. The molecule has 3 rings (SSSR count). The van der Waals surface area contributed by atoms with E-state index in [0.717, 1.165) is 11.1 Å². The normalized spacial score (nSPS) is 13.3. The number of nitrogens with zero attached hydrogens (tertiary/aromatic N) is 1. The average Bonchev–Trinajstić information content (AvgIpc) is 3.14. The van der Waals surface area contributed by atoms with Crippen LogP contribution in [-0.2, 0) is 11.3 Å². The summed E-state index contributed by atoms with van der Waals surface area (Å²) in [6, 6.07) is 12.4. The maximum Gasteiger partial charge on any atom is 0.252 e. The van der Waals surface area contributed by atoms with E-state index >= 15 is 0 Å². The number of benzene rings is 2. The number of likely N-dealkylation sites (N-methyl/N-ethyl adjacent to an activating group) is 1. The molecule has 1 atom stereocenters. The Hall–Kier alpha value is -3.02. The third-order valence-corrected chi connectivity index (χ3v) is 4.93. The third-order valence-electron chi connectivity index (χ3n) is 4.93. The molecule has 1 heterocycles. The molecule has 1 aliphatic rings. The molecular weight excluding hydrogens is 368 g/mol. The fourth-order valence-corrected chi connectivity index (χ4v) is 3.41. The Bertz CT molecular complexity index is 894. The molecular formula is C23H28N2O4. The van der Waals surface area contributed by atoms with Crippen molar-refractivity contribution in [1.29, 1.82) is 0 Å². The van der Waals surface area contributed by atoms with Gasteiger partial charge in [0.15, 0.2) is 11.5 Å². The molecule has 2 amide bonds. The minimum atomic E-state index is -0.582. The standard InChI is InChI=1S/C23H28N2O4/c1-15(2)11-19(24-22(26)18-8-6-5-7-16(18)3)23(27)25(4)13-17-9-10-20-21(12-17)29-14-28-20/h5-10,12,15,19H,11,13-14H2,1-4H3,(H,24,26). The fraction of sp³-hybridized carbons (Fsp3) is 0.391. The molecule has 0 fully saturated rings. The Morgan fingerprint density at radius 1 is 1.10 bits per heavy atom. The minimum Gasteiger partial charge on any atom is -0.454 e. The lowest BCUT2D eigenvalue weighted by Gasteiger charge is -2.26. The highest BCUT2D eigenvalue weighted by Crippen LogP contribution is 2.32. The zero-order valence-electron chi connectivity index (χ0n) is 17.4. The topological polar surface area (TPSA) is 67.9 Å². The third kappa shape index (κ3) is 5.08. The average molecular weight is 396 g/mol. The van der Waals surface area contributed by atoms with Crippen molar-refractivity contribution in [2.75, 3.05) is 13.8 Å². The highest BCUT2D eigenvalue weighted by molar-refractivity contribution is 5.98. The van der Waals surface area contributed by atoms with E-state index in [1.807, 2.05) is 57.2 Å². The number of aryl methyl sites for hydroxylation is 1. The van der Waals surface area contributed by atoms with Gasteiger partial charge in [0, 0.05) is 19.2 Å². The first kappa shape index (κ1) is 20.7. The van der Waals surface area contributed by atoms with E-state index in [0.29, 0.717) is 30.0 Å². The van der Waals surface area contributed by atoms with Crippen LogP contribution < -0.4 is 14.8 Å². The molecule has 2 aromatic rings. The Morgan fingerprint density at radius 3 is 2.55 bits per heavy atom. The van der Waals surface area contributed by atoms with Crippen LogP contribution in [0, 0.1) is 12.8 Å². The van der Waals surface area contributed by atoms with E-state index in [2.05, 4.69) is 5.32 Å². The van der Waals surface area contributed by atoms with E-state index in [4.69, 9.17) is 9.47 Å². The summed E-state index contributed by atoms with van der Waals surface area (Å²) in [5.41, 5.74) is 2.42. The van der Waals surface area contributed by atoms with Crippen LogP contribution >= 0.6 is 0 Å². The second kappa shape index (κ2) is 8.99. The second-order valence-corrected chi connectivity index (χ2v) is 7.85. The Labute approximate surface area is 171 Å². The van der Waals surface area contributed by atoms with Gasteiger partial charge in [-0.1, -0.05) is 38.1 Å². The number of hydrogen-bond acceptors (Lipinski definition) is 4. The summed E-state index contributed by atoms with van der Waals surface area (Å²) in [7, 11) is 1.75. The molecule has 0 saturated carbocycles. The molecule has 1 N–H and O–H groups in total. The van der Waals surface area contributed by atoms with Gasteiger partial charge in [-0.25, -0.2) is 0 Å². The van der Waals surface area contributed by atoms with E-state index in [9.17, 15) is 9.59 Å². The van der Waals surface area contributed by atoms with E-state index in [-0.39, 0.29) is 24.5 Å². The maximum absolute atomic E-state index is 13.1. The van der Waals surface area contributed by atoms with Crippen molar-refractivity contribution < 1.29 is 19.1 Å². The molecule has 29 heavy (non-hydrogen) atoms. The number of carbonyl (C=O) groups is 2. The quantitative estimate of drug-likeness (QED) is 0.778. The van der Waals surface area contributed by atoms with Crippen molar-refractivity contribution in [3.63, 3.8) is 0 Å². The van der Waals surface area contributed by atoms with Crippen molar-refractivity contribution in [2.45, 2.75) is 39.8 Å². The van der Waals surface area contributed by atoms with Gasteiger partial charge >= 0.3 is 0 Å². The van der Waals surface area contributed by atoms with Gasteiger partial charge in [-0.2, -0.15) is 0 Å². The molecule has 0 spiro atoms. The number of hydrogen-bond donors (Lipinski definition) is 1. The van der Waals surface area contributed by atoms with E-state index in [1.54, 1.807) is 18.0 Å². The van der Waals surface area contributed by atoms with Crippen LogP contribution in [0.3, 0.4) is 0 Å². The minimum absolute atomic E-state index is 0.113. The summed E-state index contributed by atoms with van der Waals surface area (Å²) in [6.07, 6.45) is 0.571. The first-order valence-electron chi connectivity index (χ1n) is 9.85. The molecule has 0 aromatic heterocycles. The summed E-state index contributed by atoms with van der Waals surface area (Å²) in [6.45, 7) is 6.61. The monoisotopic (exact) mass is 396 g/mol. The van der Waals surface area contributed by atoms with Gasteiger partial charge in [0.1, 0.15) is 6.04 Å². The van der Waals surface area contributed by atoms with Gasteiger partial charge in [0.2, 0.25) is 12.7 Å². The predicted octanol–water partition coefficient (Wildman–Crippen LogP) is 3.53. The first-order chi connectivity index (χ1) is 13.8. The SMILES string of the molecule is Cc1ccccc1C(=O)NC(CC(C)C)C(=O)N(C)Cc1ccc2c(c1)OCO2. The summed E-state index contributed by atoms with van der Waals surface area (Å²) >= 11 is 0. The van der Waals surface area contributed by atoms with Gasteiger partial charge in [0.25, 0.3) is 5.91 Å². The zero-order chi connectivity index (χ0) is 21.0. The van der Waals surface area contributed by atoms with Crippen molar-refractivity contribution in [3.8, 4) is 11.5 Å². The molecule has 0 aliphatic carbocycles. The molecule has 6 heteroatoms. The van der Waals surface area contributed by atoms with Gasteiger partial charge in [-0.3, -0.25) is 9.59 Å². The molecule has 2 aromatic carbocycles. The molecule has 6 nitrogen and oxygen atoms in total. The largest absolute Gasteiger partial charge is 0.454 e. The van der Waals surface area contributed by atoms with E-state index in [1.165, 1.54) is 0 Å². The molecule has 0 saturated heterocycles. The zero-order valence-corrected chi connectivity index (χ0v) is 17.4. The lowest BCUT2D eigenvalue weighted by Crippen LogP contribution is -2.47. The number of rotatable bonds is 7. The van der Waals surface area contributed by atoms with Crippen LogP contribution in [0.15, 0.2) is 42.5 Å². The summed E-state index contributed by atoms with van der Waals surface area (Å²) in [5.74, 6) is 1.33. The number of ether oxygens (including phenoxy) is 2. The van der Waals surface area contributed by atoms with Gasteiger partial charge in [-0.15, -0.1) is 0 Å². The van der Waals surface area contributed by atoms with Gasteiger partial charge in [0.05, 0.1) is 0 Å². The number of carbonyl (C=O) groups excluding carboxylic acids is 2. The first-order valence-corrected chi connectivity index (χ1v) is 9.85. The molecule has 1 unspecified atom stereocenters. The second-order valence-electron chi connectivity index (χ2n) is 7.85. The molecule has 0 bridgehead atoms. The van der Waals surface area contributed by atoms with Crippen LogP contribution in [0.25, 0.3) is 0 Å². The summed E-state index contributed by atoms with van der Waals surface area (Å²) < 4.78 is 10.7. The van der Waals surface area contributed by atoms with Crippen LogP contribution in [0.5, 0.6) is 11.5 Å². The smallest absolute Gasteiger partial charge is 0.252 e. The molecule has 0 radical (unpaired) electrons. The number of fused-ring (bicyclic) bond motifs is 1. The highest BCUT2D eigenvalue weighted by Gasteiger charge is 2.26. The summed E-state index contributed by atoms with van der Waals surface area (Å²) in [4.78, 5) is 27.5. The van der Waals surface area contributed by atoms with Crippen LogP contribution in [0.4, 0.5) is 0 Å². The van der Waals surface area contributed by atoms with Crippen molar-refractivity contribution in [1.82, 2.24) is 10.2 Å². The number of amides is 2. The lowest BCUT2D eigenvalue weighted by molar-refractivity contribution is -0.132. The predicted molar refractivity (Wildman–Crippen MR) is 111 cm³/mol. The fourth-order valence-electron chi connectivity index (χ4n) is 3.41. The number of nitrogens with one attached hydrogen (secondary N) is 1. The van der Waals surface area contributed by atoms with Crippen LogP contribution in [0.2, 0.25) is 0 Å². The van der Waals surface area contributed by atoms with E-state index < -0.39 is 6.04 Å². The van der Waals surface area contributed by atoms with Crippen molar-refractivity contribution in [3.05, 3.63) is 59.2 Å².